The molecule has 0 spiro atoms. The molecule has 2 heterocycles. The van der Waals surface area contributed by atoms with Crippen LogP contribution in [0.5, 0.6) is 0 Å². The molecule has 1 aromatic rings. The number of aromatic nitrogens is 1. The van der Waals surface area contributed by atoms with Gasteiger partial charge in [-0.3, -0.25) is 4.99 Å². The lowest BCUT2D eigenvalue weighted by molar-refractivity contribution is 0.105. The van der Waals surface area contributed by atoms with Gasteiger partial charge in [-0.05, 0) is 33.1 Å². The Morgan fingerprint density at radius 1 is 1.45 bits per heavy atom. The van der Waals surface area contributed by atoms with Crippen LogP contribution in [0.3, 0.4) is 0 Å². The van der Waals surface area contributed by atoms with Crippen molar-refractivity contribution in [2.24, 2.45) is 4.99 Å². The van der Waals surface area contributed by atoms with Crippen molar-refractivity contribution in [3.05, 3.63) is 15.6 Å². The Bertz CT molecular complexity index is 452. The molecule has 112 valence electrons. The Labute approximate surface area is 124 Å². The molecule has 1 fully saturated rings. The molecule has 0 saturated carbocycles. The summed E-state index contributed by atoms with van der Waals surface area (Å²) in [6.07, 6.45) is 3.85. The Morgan fingerprint density at radius 2 is 2.30 bits per heavy atom. The molecule has 2 N–H and O–H groups in total. The number of aliphatic imine (C=N–C) groups is 1. The molecule has 0 aliphatic carbocycles. The van der Waals surface area contributed by atoms with Crippen molar-refractivity contribution in [1.82, 2.24) is 15.6 Å². The Kier molecular flexibility index (Phi) is 5.79. The molecule has 1 aliphatic heterocycles. The lowest BCUT2D eigenvalue weighted by Crippen LogP contribution is -2.38. The number of nitrogens with one attached hydrogen (secondary N) is 2. The Balaban J connectivity index is 1.70. The van der Waals surface area contributed by atoms with E-state index in [0.717, 1.165) is 42.8 Å². The third kappa shape index (κ3) is 4.45. The largest absolute Gasteiger partial charge is 0.378 e. The Morgan fingerprint density at radius 3 is 2.90 bits per heavy atom. The average Bonchev–Trinajstić information content (AvgIpc) is 3.03. The zero-order valence-corrected chi connectivity index (χ0v) is 13.3. The van der Waals surface area contributed by atoms with Crippen molar-refractivity contribution in [3.8, 4) is 0 Å². The lowest BCUT2D eigenvalue weighted by atomic mass is 10.2. The summed E-state index contributed by atoms with van der Waals surface area (Å²) >= 11 is 1.73. The fraction of sp³-hybridized carbons (Fsp3) is 0.714. The van der Waals surface area contributed by atoms with Crippen molar-refractivity contribution in [3.63, 3.8) is 0 Å². The molecule has 1 atom stereocenters. The SMILES string of the molecule is CN=C(NCCC1CCCO1)NCc1sc(C)nc1C. The van der Waals surface area contributed by atoms with Crippen molar-refractivity contribution >= 4 is 17.3 Å². The summed E-state index contributed by atoms with van der Waals surface area (Å²) in [6, 6.07) is 0. The van der Waals surface area contributed by atoms with Gasteiger partial charge in [0.2, 0.25) is 0 Å². The van der Waals surface area contributed by atoms with E-state index in [-0.39, 0.29) is 0 Å². The van der Waals surface area contributed by atoms with Crippen LogP contribution in [0, 0.1) is 13.8 Å². The maximum absolute atomic E-state index is 5.61. The van der Waals surface area contributed by atoms with Crippen LogP contribution < -0.4 is 10.6 Å². The van der Waals surface area contributed by atoms with Gasteiger partial charge in [-0.1, -0.05) is 0 Å². The highest BCUT2D eigenvalue weighted by atomic mass is 32.1. The summed E-state index contributed by atoms with van der Waals surface area (Å²) in [5.41, 5.74) is 1.11. The van der Waals surface area contributed by atoms with Crippen LogP contribution in [0.25, 0.3) is 0 Å². The van der Waals surface area contributed by atoms with Gasteiger partial charge in [0.25, 0.3) is 0 Å². The fourth-order valence-corrected chi connectivity index (χ4v) is 3.22. The second-order valence-corrected chi connectivity index (χ2v) is 6.31. The average molecular weight is 296 g/mol. The first-order chi connectivity index (χ1) is 9.69. The number of ether oxygens (including phenoxy) is 1. The van der Waals surface area contributed by atoms with Crippen molar-refractivity contribution in [2.75, 3.05) is 20.2 Å². The van der Waals surface area contributed by atoms with Crippen LogP contribution in [0.2, 0.25) is 0 Å². The monoisotopic (exact) mass is 296 g/mol. The molecule has 0 aromatic carbocycles. The normalized spacial score (nSPS) is 19.4. The van der Waals surface area contributed by atoms with Crippen LogP contribution in [0.4, 0.5) is 0 Å². The second kappa shape index (κ2) is 7.59. The van der Waals surface area contributed by atoms with Gasteiger partial charge in [0.1, 0.15) is 0 Å². The standard InChI is InChI=1S/C14H24N4OS/c1-10-13(20-11(2)18-10)9-17-14(15-3)16-7-6-12-5-4-8-19-12/h12H,4-9H2,1-3H3,(H2,15,16,17). The van der Waals surface area contributed by atoms with Gasteiger partial charge < -0.3 is 15.4 Å². The summed E-state index contributed by atoms with van der Waals surface area (Å²) in [5, 5.41) is 7.78. The first-order valence-electron chi connectivity index (χ1n) is 7.18. The number of rotatable bonds is 5. The van der Waals surface area contributed by atoms with E-state index >= 15 is 0 Å². The molecule has 0 bridgehead atoms. The summed E-state index contributed by atoms with van der Waals surface area (Å²) in [6.45, 7) is 6.67. The van der Waals surface area contributed by atoms with E-state index in [2.05, 4.69) is 20.6 Å². The first kappa shape index (κ1) is 15.3. The zero-order chi connectivity index (χ0) is 14.4. The molecule has 5 nitrogen and oxygen atoms in total. The van der Waals surface area contributed by atoms with E-state index in [0.29, 0.717) is 6.10 Å². The van der Waals surface area contributed by atoms with Crippen molar-refractivity contribution in [1.29, 1.82) is 0 Å². The third-order valence-electron chi connectivity index (χ3n) is 3.42. The second-order valence-electron chi connectivity index (χ2n) is 5.02. The molecule has 6 heteroatoms. The third-order valence-corrected chi connectivity index (χ3v) is 4.50. The van der Waals surface area contributed by atoms with E-state index in [1.807, 2.05) is 13.8 Å². The number of hydrogen-bond acceptors (Lipinski definition) is 4. The summed E-state index contributed by atoms with van der Waals surface area (Å²) < 4.78 is 5.61. The summed E-state index contributed by atoms with van der Waals surface area (Å²) in [7, 11) is 1.80. The summed E-state index contributed by atoms with van der Waals surface area (Å²) in [4.78, 5) is 9.94. The molecule has 0 radical (unpaired) electrons. The van der Waals surface area contributed by atoms with Crippen LogP contribution in [-0.4, -0.2) is 37.2 Å². The molecule has 1 saturated heterocycles. The molecule has 1 aromatic heterocycles. The zero-order valence-electron chi connectivity index (χ0n) is 12.5. The number of aryl methyl sites for hydroxylation is 2. The van der Waals surface area contributed by atoms with E-state index in [1.165, 1.54) is 17.7 Å². The minimum Gasteiger partial charge on any atom is -0.378 e. The predicted octanol–water partition coefficient (Wildman–Crippen LogP) is 1.99. The number of guanidine groups is 1. The van der Waals surface area contributed by atoms with E-state index in [9.17, 15) is 0 Å². The fourth-order valence-electron chi connectivity index (χ4n) is 2.35. The number of thiazole rings is 1. The quantitative estimate of drug-likeness (QED) is 0.644. The van der Waals surface area contributed by atoms with Crippen LogP contribution in [-0.2, 0) is 11.3 Å². The molecule has 1 aliphatic rings. The molecule has 20 heavy (non-hydrogen) atoms. The first-order valence-corrected chi connectivity index (χ1v) is 7.99. The number of hydrogen-bond donors (Lipinski definition) is 2. The van der Waals surface area contributed by atoms with Gasteiger partial charge in [0, 0.05) is 25.1 Å². The molecule has 0 amide bonds. The van der Waals surface area contributed by atoms with E-state index in [1.54, 1.807) is 18.4 Å². The van der Waals surface area contributed by atoms with Gasteiger partial charge in [-0.2, -0.15) is 0 Å². The van der Waals surface area contributed by atoms with Crippen LogP contribution in [0.15, 0.2) is 4.99 Å². The highest BCUT2D eigenvalue weighted by Gasteiger charge is 2.14. The van der Waals surface area contributed by atoms with Gasteiger partial charge >= 0.3 is 0 Å². The van der Waals surface area contributed by atoms with Gasteiger partial charge in [-0.15, -0.1) is 11.3 Å². The molecular formula is C14H24N4OS. The van der Waals surface area contributed by atoms with Crippen LogP contribution >= 0.6 is 11.3 Å². The Hall–Kier alpha value is -1.14. The molecule has 1 unspecified atom stereocenters. The lowest BCUT2D eigenvalue weighted by Gasteiger charge is -2.13. The minimum atomic E-state index is 0.423. The van der Waals surface area contributed by atoms with Crippen molar-refractivity contribution < 1.29 is 4.74 Å². The maximum atomic E-state index is 5.61. The van der Waals surface area contributed by atoms with Crippen LogP contribution in [0.1, 0.15) is 34.8 Å². The van der Waals surface area contributed by atoms with E-state index < -0.39 is 0 Å². The van der Waals surface area contributed by atoms with Gasteiger partial charge in [0.05, 0.1) is 23.4 Å². The topological polar surface area (TPSA) is 58.5 Å². The predicted molar refractivity (Wildman–Crippen MR) is 83.4 cm³/mol. The smallest absolute Gasteiger partial charge is 0.191 e. The minimum absolute atomic E-state index is 0.423. The molecule has 2 rings (SSSR count). The number of nitrogens with zero attached hydrogens (tertiary/aromatic N) is 2. The van der Waals surface area contributed by atoms with E-state index in [4.69, 9.17) is 4.74 Å². The highest BCUT2D eigenvalue weighted by molar-refractivity contribution is 7.11. The van der Waals surface area contributed by atoms with Gasteiger partial charge in [0.15, 0.2) is 5.96 Å². The maximum Gasteiger partial charge on any atom is 0.191 e. The molecular weight excluding hydrogens is 272 g/mol. The summed E-state index contributed by atoms with van der Waals surface area (Å²) in [5.74, 6) is 0.841. The van der Waals surface area contributed by atoms with Gasteiger partial charge in [-0.25, -0.2) is 4.98 Å². The van der Waals surface area contributed by atoms with Crippen molar-refractivity contribution in [2.45, 2.75) is 45.8 Å². The highest BCUT2D eigenvalue weighted by Crippen LogP contribution is 2.16.